The Morgan fingerprint density at radius 1 is 1.12 bits per heavy atom. The summed E-state index contributed by atoms with van der Waals surface area (Å²) in [7, 11) is -1.15. The second-order valence-corrected chi connectivity index (χ2v) is 6.07. The lowest BCUT2D eigenvalue weighted by Gasteiger charge is -2.05. The molecule has 0 saturated heterocycles. The molecule has 5 heteroatoms. The van der Waals surface area contributed by atoms with Gasteiger partial charge in [-0.1, -0.05) is 12.1 Å². The van der Waals surface area contributed by atoms with Crippen molar-refractivity contribution in [2.45, 2.75) is 17.9 Å². The van der Waals surface area contributed by atoms with Crippen LogP contribution in [-0.2, 0) is 16.4 Å². The molecule has 0 heterocycles. The highest BCUT2D eigenvalue weighted by Gasteiger charge is 2.05. The molecule has 0 radical (unpaired) electrons. The molecule has 0 unspecified atom stereocenters. The maximum atomic E-state index is 11.3. The van der Waals surface area contributed by atoms with Gasteiger partial charge in [0.2, 0.25) is 0 Å². The molecule has 0 saturated carbocycles. The van der Waals surface area contributed by atoms with Gasteiger partial charge >= 0.3 is 0 Å². The van der Waals surface area contributed by atoms with Crippen LogP contribution in [0.1, 0.15) is 12.0 Å². The quantitative estimate of drug-likeness (QED) is 0.708. The van der Waals surface area contributed by atoms with Crippen molar-refractivity contribution in [3.8, 4) is 0 Å². The lowest BCUT2D eigenvalue weighted by atomic mass is 10.2. The van der Waals surface area contributed by atoms with E-state index in [-0.39, 0.29) is 0 Å². The summed E-state index contributed by atoms with van der Waals surface area (Å²) < 4.78 is 22.5. The van der Waals surface area contributed by atoms with E-state index in [1.807, 2.05) is 19.2 Å². The van der Waals surface area contributed by atoms with Crippen LogP contribution in [0, 0.1) is 0 Å². The van der Waals surface area contributed by atoms with Gasteiger partial charge in [-0.25, -0.2) is 8.42 Å². The van der Waals surface area contributed by atoms with E-state index in [0.29, 0.717) is 4.90 Å². The van der Waals surface area contributed by atoms with Crippen LogP contribution in [0.25, 0.3) is 0 Å². The standard InChI is InChI=1S/C12H20N2O2S/c1-13-8-3-9-14-10-11-4-6-12(7-5-11)17(2,15)16/h4-7,13-14H,3,8-10H2,1-2H3. The van der Waals surface area contributed by atoms with Crippen LogP contribution in [0.2, 0.25) is 0 Å². The van der Waals surface area contributed by atoms with Crippen molar-refractivity contribution in [1.82, 2.24) is 10.6 Å². The highest BCUT2D eigenvalue weighted by atomic mass is 32.2. The van der Waals surface area contributed by atoms with Crippen LogP contribution in [0.5, 0.6) is 0 Å². The monoisotopic (exact) mass is 256 g/mol. The van der Waals surface area contributed by atoms with Crippen LogP contribution >= 0.6 is 0 Å². The van der Waals surface area contributed by atoms with Gasteiger partial charge in [0.1, 0.15) is 0 Å². The number of hydrogen-bond donors (Lipinski definition) is 2. The number of benzene rings is 1. The molecular formula is C12H20N2O2S. The Kier molecular flexibility index (Phi) is 5.61. The molecule has 0 aromatic heterocycles. The molecule has 96 valence electrons. The smallest absolute Gasteiger partial charge is 0.175 e. The van der Waals surface area contributed by atoms with Crippen molar-refractivity contribution in [1.29, 1.82) is 0 Å². The Balaban J connectivity index is 2.41. The molecule has 0 bridgehead atoms. The number of rotatable bonds is 7. The first-order valence-electron chi connectivity index (χ1n) is 5.68. The first kappa shape index (κ1) is 14.2. The summed E-state index contributed by atoms with van der Waals surface area (Å²) >= 11 is 0. The summed E-state index contributed by atoms with van der Waals surface area (Å²) in [6, 6.07) is 7.00. The van der Waals surface area contributed by atoms with E-state index in [9.17, 15) is 8.42 Å². The molecular weight excluding hydrogens is 236 g/mol. The molecule has 0 aliphatic rings. The molecule has 4 nitrogen and oxygen atoms in total. The van der Waals surface area contributed by atoms with Crippen LogP contribution in [0.15, 0.2) is 29.2 Å². The molecule has 2 N–H and O–H groups in total. The molecule has 1 rings (SSSR count). The van der Waals surface area contributed by atoms with E-state index in [2.05, 4.69) is 10.6 Å². The second kappa shape index (κ2) is 6.74. The number of hydrogen-bond acceptors (Lipinski definition) is 4. The Hall–Kier alpha value is -0.910. The Morgan fingerprint density at radius 2 is 1.76 bits per heavy atom. The van der Waals surface area contributed by atoms with Crippen LogP contribution in [0.4, 0.5) is 0 Å². The molecule has 0 aliphatic carbocycles. The van der Waals surface area contributed by atoms with E-state index in [0.717, 1.165) is 31.6 Å². The van der Waals surface area contributed by atoms with Crippen molar-refractivity contribution < 1.29 is 8.42 Å². The van der Waals surface area contributed by atoms with Gasteiger partial charge in [-0.15, -0.1) is 0 Å². The third kappa shape index (κ3) is 5.30. The second-order valence-electron chi connectivity index (χ2n) is 4.05. The molecule has 0 aliphatic heterocycles. The van der Waals surface area contributed by atoms with Gasteiger partial charge in [0, 0.05) is 12.8 Å². The summed E-state index contributed by atoms with van der Waals surface area (Å²) in [5, 5.41) is 6.39. The van der Waals surface area contributed by atoms with Crippen LogP contribution < -0.4 is 10.6 Å². The minimum Gasteiger partial charge on any atom is -0.320 e. The molecule has 1 aromatic rings. The van der Waals surface area contributed by atoms with Gasteiger partial charge < -0.3 is 10.6 Å². The highest BCUT2D eigenvalue weighted by Crippen LogP contribution is 2.09. The van der Waals surface area contributed by atoms with E-state index < -0.39 is 9.84 Å². The lowest BCUT2D eigenvalue weighted by molar-refractivity contribution is 0.601. The SMILES string of the molecule is CNCCCNCc1ccc(S(C)(=O)=O)cc1. The predicted molar refractivity (Wildman–Crippen MR) is 69.8 cm³/mol. The Morgan fingerprint density at radius 3 is 2.29 bits per heavy atom. The zero-order valence-corrected chi connectivity index (χ0v) is 11.2. The minimum atomic E-state index is -3.08. The van der Waals surface area contributed by atoms with E-state index >= 15 is 0 Å². The van der Waals surface area contributed by atoms with Gasteiger partial charge in [-0.2, -0.15) is 0 Å². The third-order valence-electron chi connectivity index (χ3n) is 2.46. The fourth-order valence-corrected chi connectivity index (χ4v) is 2.11. The zero-order valence-electron chi connectivity index (χ0n) is 10.4. The number of nitrogens with one attached hydrogen (secondary N) is 2. The Labute approximate surface area is 103 Å². The maximum Gasteiger partial charge on any atom is 0.175 e. The zero-order chi connectivity index (χ0) is 12.7. The molecule has 0 amide bonds. The van der Waals surface area contributed by atoms with Crippen LogP contribution in [0.3, 0.4) is 0 Å². The van der Waals surface area contributed by atoms with E-state index in [4.69, 9.17) is 0 Å². The largest absolute Gasteiger partial charge is 0.320 e. The van der Waals surface area contributed by atoms with Gasteiger partial charge in [0.05, 0.1) is 4.90 Å². The summed E-state index contributed by atoms with van der Waals surface area (Å²) in [5.74, 6) is 0. The Bertz CT molecular complexity index is 426. The topological polar surface area (TPSA) is 58.2 Å². The van der Waals surface area contributed by atoms with Gasteiger partial charge in [-0.3, -0.25) is 0 Å². The summed E-state index contributed by atoms with van der Waals surface area (Å²) in [5.41, 5.74) is 1.10. The van der Waals surface area contributed by atoms with Crippen molar-refractivity contribution >= 4 is 9.84 Å². The molecule has 0 atom stereocenters. The molecule has 17 heavy (non-hydrogen) atoms. The maximum absolute atomic E-state index is 11.3. The summed E-state index contributed by atoms with van der Waals surface area (Å²) in [4.78, 5) is 0.372. The first-order chi connectivity index (χ1) is 8.04. The fourth-order valence-electron chi connectivity index (χ4n) is 1.48. The molecule has 0 fully saturated rings. The highest BCUT2D eigenvalue weighted by molar-refractivity contribution is 7.90. The van der Waals surface area contributed by atoms with Crippen molar-refractivity contribution in [3.05, 3.63) is 29.8 Å². The van der Waals surface area contributed by atoms with E-state index in [1.54, 1.807) is 12.1 Å². The minimum absolute atomic E-state index is 0.372. The third-order valence-corrected chi connectivity index (χ3v) is 3.59. The summed E-state index contributed by atoms with van der Waals surface area (Å²) in [6.45, 7) is 2.72. The van der Waals surface area contributed by atoms with Gasteiger partial charge in [0.15, 0.2) is 9.84 Å². The molecule has 0 spiro atoms. The van der Waals surface area contributed by atoms with E-state index in [1.165, 1.54) is 6.26 Å². The van der Waals surface area contributed by atoms with Gasteiger partial charge in [-0.05, 0) is 44.3 Å². The summed E-state index contributed by atoms with van der Waals surface area (Å²) in [6.07, 6.45) is 2.30. The van der Waals surface area contributed by atoms with Crippen molar-refractivity contribution in [2.24, 2.45) is 0 Å². The predicted octanol–water partition coefficient (Wildman–Crippen LogP) is 0.789. The average Bonchev–Trinajstić information content (AvgIpc) is 2.28. The van der Waals surface area contributed by atoms with Crippen molar-refractivity contribution in [2.75, 3.05) is 26.4 Å². The fraction of sp³-hybridized carbons (Fsp3) is 0.500. The lowest BCUT2D eigenvalue weighted by Crippen LogP contribution is -2.19. The first-order valence-corrected chi connectivity index (χ1v) is 7.57. The van der Waals surface area contributed by atoms with Gasteiger partial charge in [0.25, 0.3) is 0 Å². The normalized spacial score (nSPS) is 11.6. The number of sulfone groups is 1. The molecule has 1 aromatic carbocycles. The van der Waals surface area contributed by atoms with Crippen molar-refractivity contribution in [3.63, 3.8) is 0 Å². The van der Waals surface area contributed by atoms with Crippen LogP contribution in [-0.4, -0.2) is 34.8 Å². The average molecular weight is 256 g/mol.